The van der Waals surface area contributed by atoms with Crippen LogP contribution in [0.2, 0.25) is 5.02 Å². The van der Waals surface area contributed by atoms with Crippen LogP contribution in [0.25, 0.3) is 11.1 Å². The van der Waals surface area contributed by atoms with E-state index < -0.39 is 0 Å². The molecule has 94 valence electrons. The van der Waals surface area contributed by atoms with Crippen LogP contribution in [0, 0.1) is 0 Å². The Hall–Kier alpha value is -1.67. The average molecular weight is 262 g/mol. The van der Waals surface area contributed by atoms with Crippen molar-refractivity contribution in [2.75, 3.05) is 5.73 Å². The molecule has 0 aliphatic carbocycles. The number of ether oxygens (including phenoxy) is 1. The van der Waals surface area contributed by atoms with Crippen LogP contribution in [0.1, 0.15) is 13.8 Å². The number of benzene rings is 2. The molecule has 0 saturated carbocycles. The first-order valence-electron chi connectivity index (χ1n) is 5.88. The molecule has 0 aliphatic heterocycles. The lowest BCUT2D eigenvalue weighted by Crippen LogP contribution is -2.05. The first-order valence-corrected chi connectivity index (χ1v) is 6.26. The topological polar surface area (TPSA) is 35.2 Å². The Morgan fingerprint density at radius 1 is 1.00 bits per heavy atom. The lowest BCUT2D eigenvalue weighted by atomic mass is 10.1. The summed E-state index contributed by atoms with van der Waals surface area (Å²) in [6, 6.07) is 13.6. The number of anilines is 1. The molecule has 0 heterocycles. The zero-order valence-corrected chi connectivity index (χ0v) is 11.2. The predicted molar refractivity (Wildman–Crippen MR) is 77.1 cm³/mol. The third-order valence-electron chi connectivity index (χ3n) is 2.56. The van der Waals surface area contributed by atoms with Gasteiger partial charge in [-0.25, -0.2) is 0 Å². The van der Waals surface area contributed by atoms with Gasteiger partial charge >= 0.3 is 0 Å². The molecular weight excluding hydrogens is 246 g/mol. The quantitative estimate of drug-likeness (QED) is 0.833. The molecule has 0 aromatic heterocycles. The molecule has 2 aromatic carbocycles. The van der Waals surface area contributed by atoms with E-state index in [0.29, 0.717) is 10.7 Å². The van der Waals surface area contributed by atoms with Gasteiger partial charge in [-0.05, 0) is 49.2 Å². The molecule has 0 unspecified atom stereocenters. The van der Waals surface area contributed by atoms with Crippen molar-refractivity contribution < 1.29 is 4.74 Å². The minimum Gasteiger partial charge on any atom is -0.491 e. The van der Waals surface area contributed by atoms with Gasteiger partial charge in [0.05, 0.1) is 16.8 Å². The highest BCUT2D eigenvalue weighted by Gasteiger charge is 2.02. The number of hydrogen-bond donors (Lipinski definition) is 1. The van der Waals surface area contributed by atoms with E-state index in [1.165, 1.54) is 0 Å². The molecule has 2 rings (SSSR count). The number of nitrogen functional groups attached to an aromatic ring is 1. The summed E-state index contributed by atoms with van der Waals surface area (Å²) in [6.07, 6.45) is 0.182. The average Bonchev–Trinajstić information content (AvgIpc) is 2.33. The zero-order valence-electron chi connectivity index (χ0n) is 10.5. The Bertz CT molecular complexity index is 535. The monoisotopic (exact) mass is 261 g/mol. The Balaban J connectivity index is 2.25. The van der Waals surface area contributed by atoms with Gasteiger partial charge in [0.1, 0.15) is 5.75 Å². The molecular formula is C15H16ClNO. The van der Waals surface area contributed by atoms with Crippen LogP contribution in [0.15, 0.2) is 42.5 Å². The SMILES string of the molecule is CC(C)Oc1ccc(-c2ccc(N)c(Cl)c2)cc1. The first kappa shape index (κ1) is 12.8. The summed E-state index contributed by atoms with van der Waals surface area (Å²) in [4.78, 5) is 0. The normalized spacial score (nSPS) is 10.7. The molecule has 0 saturated heterocycles. The molecule has 3 heteroatoms. The van der Waals surface area contributed by atoms with Gasteiger partial charge in [-0.1, -0.05) is 29.8 Å². The van der Waals surface area contributed by atoms with E-state index in [-0.39, 0.29) is 6.10 Å². The Morgan fingerprint density at radius 3 is 2.17 bits per heavy atom. The fraction of sp³-hybridized carbons (Fsp3) is 0.200. The summed E-state index contributed by atoms with van der Waals surface area (Å²) < 4.78 is 5.60. The third kappa shape index (κ3) is 2.96. The highest BCUT2D eigenvalue weighted by molar-refractivity contribution is 6.33. The van der Waals surface area contributed by atoms with E-state index in [9.17, 15) is 0 Å². The largest absolute Gasteiger partial charge is 0.491 e. The van der Waals surface area contributed by atoms with E-state index in [4.69, 9.17) is 22.1 Å². The number of hydrogen-bond acceptors (Lipinski definition) is 2. The molecule has 2 N–H and O–H groups in total. The Labute approximate surface area is 112 Å². The van der Waals surface area contributed by atoms with Crippen molar-refractivity contribution in [1.82, 2.24) is 0 Å². The zero-order chi connectivity index (χ0) is 13.1. The Morgan fingerprint density at radius 2 is 1.61 bits per heavy atom. The number of nitrogens with two attached hydrogens (primary N) is 1. The molecule has 0 bridgehead atoms. The van der Waals surface area contributed by atoms with E-state index in [1.807, 2.05) is 56.3 Å². The van der Waals surface area contributed by atoms with Crippen molar-refractivity contribution >= 4 is 17.3 Å². The molecule has 2 aromatic rings. The molecule has 0 spiro atoms. The summed E-state index contributed by atoms with van der Waals surface area (Å²) in [7, 11) is 0. The summed E-state index contributed by atoms with van der Waals surface area (Å²) >= 11 is 6.01. The lowest BCUT2D eigenvalue weighted by molar-refractivity contribution is 0.242. The highest BCUT2D eigenvalue weighted by Crippen LogP contribution is 2.28. The highest BCUT2D eigenvalue weighted by atomic mass is 35.5. The van der Waals surface area contributed by atoms with Gasteiger partial charge in [0.2, 0.25) is 0 Å². The molecule has 2 nitrogen and oxygen atoms in total. The molecule has 0 atom stereocenters. The van der Waals surface area contributed by atoms with Gasteiger partial charge in [-0.15, -0.1) is 0 Å². The van der Waals surface area contributed by atoms with E-state index >= 15 is 0 Å². The van der Waals surface area contributed by atoms with Gasteiger partial charge in [0.25, 0.3) is 0 Å². The Kier molecular flexibility index (Phi) is 3.78. The molecule has 18 heavy (non-hydrogen) atoms. The molecule has 0 fully saturated rings. The van der Waals surface area contributed by atoms with Crippen LogP contribution >= 0.6 is 11.6 Å². The van der Waals surface area contributed by atoms with Crippen molar-refractivity contribution in [3.8, 4) is 16.9 Å². The summed E-state index contributed by atoms with van der Waals surface area (Å²) in [5, 5.41) is 0.579. The van der Waals surface area contributed by atoms with Gasteiger partial charge in [0, 0.05) is 0 Å². The maximum absolute atomic E-state index is 6.01. The second kappa shape index (κ2) is 5.32. The van der Waals surface area contributed by atoms with Crippen LogP contribution in [0.4, 0.5) is 5.69 Å². The van der Waals surface area contributed by atoms with Gasteiger partial charge < -0.3 is 10.5 Å². The molecule has 0 radical (unpaired) electrons. The summed E-state index contributed by atoms with van der Waals surface area (Å²) in [5.74, 6) is 0.871. The van der Waals surface area contributed by atoms with Crippen molar-refractivity contribution in [2.24, 2.45) is 0 Å². The minimum absolute atomic E-state index is 0.182. The van der Waals surface area contributed by atoms with Crippen LogP contribution in [0.5, 0.6) is 5.75 Å². The fourth-order valence-corrected chi connectivity index (χ4v) is 1.89. The first-order chi connectivity index (χ1) is 8.56. The molecule has 0 amide bonds. The number of rotatable bonds is 3. The van der Waals surface area contributed by atoms with Crippen LogP contribution in [-0.4, -0.2) is 6.10 Å². The predicted octanol–water partition coefficient (Wildman–Crippen LogP) is 4.38. The smallest absolute Gasteiger partial charge is 0.119 e. The van der Waals surface area contributed by atoms with E-state index in [0.717, 1.165) is 16.9 Å². The van der Waals surface area contributed by atoms with Crippen molar-refractivity contribution in [1.29, 1.82) is 0 Å². The van der Waals surface area contributed by atoms with Crippen LogP contribution in [0.3, 0.4) is 0 Å². The summed E-state index contributed by atoms with van der Waals surface area (Å²) in [6.45, 7) is 4.02. The van der Waals surface area contributed by atoms with Gasteiger partial charge in [-0.2, -0.15) is 0 Å². The second-order valence-electron chi connectivity index (χ2n) is 4.43. The van der Waals surface area contributed by atoms with Crippen LogP contribution in [-0.2, 0) is 0 Å². The summed E-state index contributed by atoms with van der Waals surface area (Å²) in [5.41, 5.74) is 8.43. The standard InChI is InChI=1S/C15H16ClNO/c1-10(2)18-13-6-3-11(4-7-13)12-5-8-15(17)14(16)9-12/h3-10H,17H2,1-2H3. The van der Waals surface area contributed by atoms with Crippen molar-refractivity contribution in [2.45, 2.75) is 20.0 Å². The van der Waals surface area contributed by atoms with Crippen LogP contribution < -0.4 is 10.5 Å². The van der Waals surface area contributed by atoms with E-state index in [2.05, 4.69) is 0 Å². The van der Waals surface area contributed by atoms with E-state index in [1.54, 1.807) is 0 Å². The number of halogens is 1. The van der Waals surface area contributed by atoms with Crippen molar-refractivity contribution in [3.05, 3.63) is 47.5 Å². The molecule has 0 aliphatic rings. The maximum atomic E-state index is 6.01. The maximum Gasteiger partial charge on any atom is 0.119 e. The fourth-order valence-electron chi connectivity index (χ4n) is 1.70. The third-order valence-corrected chi connectivity index (χ3v) is 2.89. The minimum atomic E-state index is 0.182. The second-order valence-corrected chi connectivity index (χ2v) is 4.83. The van der Waals surface area contributed by atoms with Gasteiger partial charge in [0.15, 0.2) is 0 Å². The lowest BCUT2D eigenvalue weighted by Gasteiger charge is -2.10. The van der Waals surface area contributed by atoms with Gasteiger partial charge in [-0.3, -0.25) is 0 Å². The van der Waals surface area contributed by atoms with Crippen molar-refractivity contribution in [3.63, 3.8) is 0 Å².